The van der Waals surface area contributed by atoms with Crippen molar-refractivity contribution in [2.75, 3.05) is 11.4 Å². The van der Waals surface area contributed by atoms with Gasteiger partial charge in [0.25, 0.3) is 0 Å². The van der Waals surface area contributed by atoms with Crippen LogP contribution < -0.4 is 4.90 Å². The molecule has 108 valence electrons. The summed E-state index contributed by atoms with van der Waals surface area (Å²) < 4.78 is 0. The molecule has 0 aromatic heterocycles. The molecule has 0 radical (unpaired) electrons. The quantitative estimate of drug-likeness (QED) is 0.833. The van der Waals surface area contributed by atoms with Gasteiger partial charge in [-0.15, -0.1) is 0 Å². The Balaban J connectivity index is 2.23. The molecule has 0 saturated carbocycles. The lowest BCUT2D eigenvalue weighted by Gasteiger charge is -2.23. The number of rotatable bonds is 5. The van der Waals surface area contributed by atoms with E-state index in [1.165, 1.54) is 5.56 Å². The molecule has 0 atom stereocenters. The van der Waals surface area contributed by atoms with E-state index in [1.54, 1.807) is 6.08 Å². The molecule has 0 bridgehead atoms. The van der Waals surface area contributed by atoms with E-state index < -0.39 is 5.97 Å². The number of benzene rings is 2. The fourth-order valence-corrected chi connectivity index (χ4v) is 2.17. The number of carboxylic acid groups (broad SMARTS) is 1. The molecule has 0 fully saturated rings. The molecule has 0 aliphatic carbocycles. The molecule has 0 aliphatic heterocycles. The molecule has 0 unspecified atom stereocenters. The summed E-state index contributed by atoms with van der Waals surface area (Å²) in [7, 11) is 0. The van der Waals surface area contributed by atoms with Gasteiger partial charge in [0, 0.05) is 24.0 Å². The predicted octanol–water partition coefficient (Wildman–Crippen LogP) is 4.25. The number of hydrogen-bond acceptors (Lipinski definition) is 2. The zero-order valence-corrected chi connectivity index (χ0v) is 12.3. The highest BCUT2D eigenvalue weighted by Gasteiger charge is 2.06. The number of aliphatic carboxylic acids is 1. The predicted molar refractivity (Wildman–Crippen MR) is 87.0 cm³/mol. The molecule has 3 nitrogen and oxygen atoms in total. The molecule has 1 N–H and O–H groups in total. The lowest BCUT2D eigenvalue weighted by atomic mass is 10.1. The van der Waals surface area contributed by atoms with Crippen LogP contribution in [0.3, 0.4) is 0 Å². The van der Waals surface area contributed by atoms with Gasteiger partial charge >= 0.3 is 5.97 Å². The average molecular weight is 281 g/mol. The first-order valence-electron chi connectivity index (χ1n) is 6.95. The standard InChI is InChI=1S/C18H19NO2/c1-3-19(16-9-4-14(2)5-10-16)17-11-6-15(7-12-17)8-13-18(20)21/h4-13H,3H2,1-2H3,(H,20,21). The minimum Gasteiger partial charge on any atom is -0.478 e. The van der Waals surface area contributed by atoms with Crippen LogP contribution in [-0.4, -0.2) is 17.6 Å². The third-order valence-corrected chi connectivity index (χ3v) is 3.28. The molecule has 2 aromatic carbocycles. The number of nitrogens with zero attached hydrogens (tertiary/aromatic N) is 1. The number of carboxylic acids is 1. The van der Waals surface area contributed by atoms with E-state index in [2.05, 4.69) is 43.0 Å². The van der Waals surface area contributed by atoms with E-state index in [1.807, 2.05) is 24.3 Å². The van der Waals surface area contributed by atoms with Gasteiger partial charge in [-0.3, -0.25) is 0 Å². The Bertz CT molecular complexity index is 627. The van der Waals surface area contributed by atoms with Crippen molar-refractivity contribution in [2.45, 2.75) is 13.8 Å². The van der Waals surface area contributed by atoms with Crippen LogP contribution in [0, 0.1) is 6.92 Å². The molecule has 3 heteroatoms. The van der Waals surface area contributed by atoms with Crippen molar-refractivity contribution in [1.82, 2.24) is 0 Å². The zero-order valence-electron chi connectivity index (χ0n) is 12.3. The Morgan fingerprint density at radius 1 is 1.05 bits per heavy atom. The van der Waals surface area contributed by atoms with Crippen LogP contribution in [0.15, 0.2) is 54.6 Å². The Labute approximate surface area is 125 Å². The van der Waals surface area contributed by atoms with Crippen molar-refractivity contribution in [2.24, 2.45) is 0 Å². The Morgan fingerprint density at radius 3 is 2.05 bits per heavy atom. The molecular weight excluding hydrogens is 262 g/mol. The summed E-state index contributed by atoms with van der Waals surface area (Å²) in [4.78, 5) is 12.7. The first-order chi connectivity index (χ1) is 10.1. The maximum atomic E-state index is 10.5. The lowest BCUT2D eigenvalue weighted by molar-refractivity contribution is -0.131. The van der Waals surface area contributed by atoms with E-state index in [0.717, 1.165) is 29.6 Å². The van der Waals surface area contributed by atoms with Gasteiger partial charge in [0.2, 0.25) is 0 Å². The van der Waals surface area contributed by atoms with Crippen molar-refractivity contribution in [1.29, 1.82) is 0 Å². The number of hydrogen-bond donors (Lipinski definition) is 1. The zero-order chi connectivity index (χ0) is 15.2. The molecule has 0 heterocycles. The first kappa shape index (κ1) is 14.9. The minimum atomic E-state index is -0.936. The fraction of sp³-hybridized carbons (Fsp3) is 0.167. The summed E-state index contributed by atoms with van der Waals surface area (Å²) in [5, 5.41) is 8.63. The van der Waals surface area contributed by atoms with Crippen LogP contribution in [0.25, 0.3) is 6.08 Å². The van der Waals surface area contributed by atoms with Gasteiger partial charge in [-0.2, -0.15) is 0 Å². The molecule has 0 aliphatic rings. The monoisotopic (exact) mass is 281 g/mol. The summed E-state index contributed by atoms with van der Waals surface area (Å²) in [6.45, 7) is 5.05. The molecule has 2 rings (SSSR count). The Morgan fingerprint density at radius 2 is 1.57 bits per heavy atom. The van der Waals surface area contributed by atoms with Crippen molar-refractivity contribution >= 4 is 23.4 Å². The third-order valence-electron chi connectivity index (χ3n) is 3.28. The van der Waals surface area contributed by atoms with E-state index >= 15 is 0 Å². The van der Waals surface area contributed by atoms with Crippen LogP contribution >= 0.6 is 0 Å². The molecule has 2 aromatic rings. The fourth-order valence-electron chi connectivity index (χ4n) is 2.17. The van der Waals surface area contributed by atoms with Gasteiger partial charge in [0.15, 0.2) is 0 Å². The van der Waals surface area contributed by atoms with Gasteiger partial charge in [0.1, 0.15) is 0 Å². The second-order valence-electron chi connectivity index (χ2n) is 4.84. The first-order valence-corrected chi connectivity index (χ1v) is 6.95. The summed E-state index contributed by atoms with van der Waals surface area (Å²) in [5.41, 5.74) is 4.36. The molecule has 0 saturated heterocycles. The number of carbonyl (C=O) groups is 1. The average Bonchev–Trinajstić information content (AvgIpc) is 2.49. The molecule has 21 heavy (non-hydrogen) atoms. The van der Waals surface area contributed by atoms with Crippen LogP contribution in [0.2, 0.25) is 0 Å². The maximum absolute atomic E-state index is 10.5. The topological polar surface area (TPSA) is 40.5 Å². The molecule has 0 amide bonds. The van der Waals surface area contributed by atoms with E-state index in [4.69, 9.17) is 5.11 Å². The summed E-state index contributed by atoms with van der Waals surface area (Å²) in [6, 6.07) is 16.3. The van der Waals surface area contributed by atoms with Crippen molar-refractivity contribution in [3.8, 4) is 0 Å². The SMILES string of the molecule is CCN(c1ccc(C)cc1)c1ccc(C=CC(=O)O)cc1. The maximum Gasteiger partial charge on any atom is 0.328 e. The highest BCUT2D eigenvalue weighted by molar-refractivity contribution is 5.85. The van der Waals surface area contributed by atoms with Gasteiger partial charge in [-0.25, -0.2) is 4.79 Å². The third kappa shape index (κ3) is 3.96. The normalized spacial score (nSPS) is 10.8. The second-order valence-corrected chi connectivity index (χ2v) is 4.84. The summed E-state index contributed by atoms with van der Waals surface area (Å²) in [5.74, 6) is -0.936. The van der Waals surface area contributed by atoms with Gasteiger partial charge in [-0.1, -0.05) is 29.8 Å². The number of aryl methyl sites for hydroxylation is 1. The number of anilines is 2. The van der Waals surface area contributed by atoms with Crippen molar-refractivity contribution < 1.29 is 9.90 Å². The van der Waals surface area contributed by atoms with Gasteiger partial charge in [-0.05, 0) is 49.8 Å². The van der Waals surface area contributed by atoms with Crippen LogP contribution in [0.5, 0.6) is 0 Å². The van der Waals surface area contributed by atoms with E-state index in [-0.39, 0.29) is 0 Å². The van der Waals surface area contributed by atoms with Crippen molar-refractivity contribution in [3.63, 3.8) is 0 Å². The van der Waals surface area contributed by atoms with Crippen LogP contribution in [0.1, 0.15) is 18.1 Å². The Kier molecular flexibility index (Phi) is 4.77. The molecular formula is C18H19NO2. The minimum absolute atomic E-state index is 0.868. The van der Waals surface area contributed by atoms with Crippen molar-refractivity contribution in [3.05, 3.63) is 65.7 Å². The Hall–Kier alpha value is -2.55. The summed E-state index contributed by atoms with van der Waals surface area (Å²) in [6.07, 6.45) is 2.74. The van der Waals surface area contributed by atoms with Gasteiger partial charge in [0.05, 0.1) is 0 Å². The van der Waals surface area contributed by atoms with Crippen LogP contribution in [0.4, 0.5) is 11.4 Å². The second kappa shape index (κ2) is 6.75. The smallest absolute Gasteiger partial charge is 0.328 e. The highest BCUT2D eigenvalue weighted by atomic mass is 16.4. The van der Waals surface area contributed by atoms with E-state index in [0.29, 0.717) is 0 Å². The lowest BCUT2D eigenvalue weighted by Crippen LogP contribution is -2.15. The van der Waals surface area contributed by atoms with Gasteiger partial charge < -0.3 is 10.0 Å². The summed E-state index contributed by atoms with van der Waals surface area (Å²) >= 11 is 0. The van der Waals surface area contributed by atoms with E-state index in [9.17, 15) is 4.79 Å². The highest BCUT2D eigenvalue weighted by Crippen LogP contribution is 2.25. The van der Waals surface area contributed by atoms with Crippen LogP contribution in [-0.2, 0) is 4.79 Å². The largest absolute Gasteiger partial charge is 0.478 e. The molecule has 0 spiro atoms.